The minimum Gasteiger partial charge on any atom is -0.395 e. The zero-order chi connectivity index (χ0) is 15.2. The Morgan fingerprint density at radius 1 is 1.00 bits per heavy atom. The van der Waals surface area contributed by atoms with E-state index in [4.69, 9.17) is 9.84 Å². The van der Waals surface area contributed by atoms with Crippen molar-refractivity contribution in [3.8, 4) is 0 Å². The fourth-order valence-corrected chi connectivity index (χ4v) is 1.41. The maximum absolute atomic E-state index is 8.52. The monoisotopic (exact) mass is 275 g/mol. The number of ether oxygens (including phenoxy) is 1. The number of aliphatic hydroxyl groups excluding tert-OH is 1. The second-order valence-corrected chi connectivity index (χ2v) is 4.00. The van der Waals surface area contributed by atoms with E-state index in [2.05, 4.69) is 11.9 Å². The molecule has 0 heterocycles. The van der Waals surface area contributed by atoms with Gasteiger partial charge in [-0.2, -0.15) is 0 Å². The van der Waals surface area contributed by atoms with Crippen LogP contribution in [0.2, 0.25) is 0 Å². The average Bonchev–Trinajstić information content (AvgIpc) is 2.44. The SMILES string of the molecule is C=CC.CC.COCCCCCCCCNCCO. The summed E-state index contributed by atoms with van der Waals surface area (Å²) in [4.78, 5) is 0. The third-order valence-electron chi connectivity index (χ3n) is 2.24. The third-order valence-corrected chi connectivity index (χ3v) is 2.24. The van der Waals surface area contributed by atoms with Crippen LogP contribution in [0.3, 0.4) is 0 Å². The molecule has 0 fully saturated rings. The first-order valence-corrected chi connectivity index (χ1v) is 7.71. The van der Waals surface area contributed by atoms with Crippen LogP contribution in [-0.4, -0.2) is 38.5 Å². The van der Waals surface area contributed by atoms with E-state index < -0.39 is 0 Å². The van der Waals surface area contributed by atoms with Gasteiger partial charge in [0.2, 0.25) is 0 Å². The first kappa shape index (κ1) is 23.7. The second kappa shape index (κ2) is 30.6. The van der Waals surface area contributed by atoms with Gasteiger partial charge in [-0.05, 0) is 26.3 Å². The number of allylic oxidation sites excluding steroid dienone is 1. The number of hydrogen-bond donors (Lipinski definition) is 2. The lowest BCUT2D eigenvalue weighted by atomic mass is 10.1. The van der Waals surface area contributed by atoms with Crippen LogP contribution in [0.4, 0.5) is 0 Å². The van der Waals surface area contributed by atoms with Crippen LogP contribution in [0.1, 0.15) is 59.3 Å². The van der Waals surface area contributed by atoms with Crippen molar-refractivity contribution in [2.75, 3.05) is 33.4 Å². The summed E-state index contributed by atoms with van der Waals surface area (Å²) in [6.07, 6.45) is 9.40. The van der Waals surface area contributed by atoms with Crippen LogP contribution < -0.4 is 5.32 Å². The minimum absolute atomic E-state index is 0.247. The highest BCUT2D eigenvalue weighted by atomic mass is 16.5. The van der Waals surface area contributed by atoms with E-state index in [1.54, 1.807) is 13.2 Å². The smallest absolute Gasteiger partial charge is 0.0555 e. The lowest BCUT2D eigenvalue weighted by molar-refractivity contribution is 0.192. The zero-order valence-electron chi connectivity index (χ0n) is 13.7. The molecular weight excluding hydrogens is 238 g/mol. The Hall–Kier alpha value is -0.380. The van der Waals surface area contributed by atoms with Crippen molar-refractivity contribution in [2.24, 2.45) is 0 Å². The number of rotatable bonds is 11. The molecule has 0 saturated carbocycles. The Morgan fingerprint density at radius 3 is 1.95 bits per heavy atom. The van der Waals surface area contributed by atoms with Crippen molar-refractivity contribution >= 4 is 0 Å². The van der Waals surface area contributed by atoms with E-state index in [-0.39, 0.29) is 6.61 Å². The zero-order valence-corrected chi connectivity index (χ0v) is 13.7. The highest BCUT2D eigenvalue weighted by Gasteiger charge is 1.91. The summed E-state index contributed by atoms with van der Waals surface area (Å²) in [5.74, 6) is 0. The van der Waals surface area contributed by atoms with Crippen molar-refractivity contribution in [3.63, 3.8) is 0 Å². The summed E-state index contributed by atoms with van der Waals surface area (Å²) in [6.45, 7) is 12.2. The van der Waals surface area contributed by atoms with E-state index in [1.807, 2.05) is 20.8 Å². The molecule has 3 heteroatoms. The Balaban J connectivity index is -0.000000445. The first-order valence-electron chi connectivity index (χ1n) is 7.71. The maximum Gasteiger partial charge on any atom is 0.0555 e. The van der Waals surface area contributed by atoms with Crippen molar-refractivity contribution in [3.05, 3.63) is 12.7 Å². The van der Waals surface area contributed by atoms with E-state index in [1.165, 1.54) is 38.5 Å². The van der Waals surface area contributed by atoms with Gasteiger partial charge in [0.05, 0.1) is 6.61 Å². The Morgan fingerprint density at radius 2 is 1.47 bits per heavy atom. The number of nitrogens with one attached hydrogen (secondary N) is 1. The molecule has 19 heavy (non-hydrogen) atoms. The molecule has 2 N–H and O–H groups in total. The molecule has 0 aromatic carbocycles. The van der Waals surface area contributed by atoms with Gasteiger partial charge in [-0.15, -0.1) is 6.58 Å². The standard InChI is InChI=1S/C11H25NO2.C3H6.C2H6/c1-14-11-7-5-3-2-4-6-8-12-9-10-13;1-3-2;1-2/h12-13H,2-11H2,1H3;3H,1H2,2H3;1-2H3. The van der Waals surface area contributed by atoms with Crippen LogP contribution in [0.25, 0.3) is 0 Å². The summed E-state index contributed by atoms with van der Waals surface area (Å²) in [7, 11) is 1.76. The van der Waals surface area contributed by atoms with Crippen molar-refractivity contribution in [2.45, 2.75) is 59.3 Å². The van der Waals surface area contributed by atoms with Crippen molar-refractivity contribution in [1.82, 2.24) is 5.32 Å². The largest absolute Gasteiger partial charge is 0.395 e. The number of hydrogen-bond acceptors (Lipinski definition) is 3. The Bertz CT molecular complexity index is 118. The molecule has 0 atom stereocenters. The second-order valence-electron chi connectivity index (χ2n) is 4.00. The molecule has 0 spiro atoms. The number of aliphatic hydroxyl groups is 1. The molecule has 0 rings (SSSR count). The molecule has 0 bridgehead atoms. The van der Waals surface area contributed by atoms with Crippen LogP contribution in [0, 0.1) is 0 Å². The topological polar surface area (TPSA) is 41.5 Å². The summed E-state index contributed by atoms with van der Waals surface area (Å²) in [6, 6.07) is 0. The molecule has 0 aromatic heterocycles. The van der Waals surface area contributed by atoms with E-state index in [0.717, 1.165) is 19.7 Å². The van der Waals surface area contributed by atoms with E-state index in [9.17, 15) is 0 Å². The molecule has 118 valence electrons. The molecule has 0 radical (unpaired) electrons. The van der Waals surface area contributed by atoms with Gasteiger partial charge in [0.25, 0.3) is 0 Å². The summed E-state index contributed by atoms with van der Waals surface area (Å²) >= 11 is 0. The van der Waals surface area contributed by atoms with E-state index in [0.29, 0.717) is 0 Å². The van der Waals surface area contributed by atoms with Crippen LogP contribution >= 0.6 is 0 Å². The van der Waals surface area contributed by atoms with E-state index >= 15 is 0 Å². The molecule has 0 saturated heterocycles. The minimum atomic E-state index is 0.247. The van der Waals surface area contributed by atoms with Gasteiger partial charge in [-0.3, -0.25) is 0 Å². The predicted octanol–water partition coefficient (Wildman–Crippen LogP) is 3.77. The normalized spacial score (nSPS) is 8.89. The van der Waals surface area contributed by atoms with Gasteiger partial charge in [0.15, 0.2) is 0 Å². The van der Waals surface area contributed by atoms with Gasteiger partial charge in [-0.25, -0.2) is 0 Å². The highest BCUT2D eigenvalue weighted by molar-refractivity contribution is 4.51. The molecule has 0 amide bonds. The maximum atomic E-state index is 8.52. The fourth-order valence-electron chi connectivity index (χ4n) is 1.41. The van der Waals surface area contributed by atoms with Gasteiger partial charge in [-0.1, -0.05) is 45.6 Å². The Labute approximate surface area is 121 Å². The lowest BCUT2D eigenvalue weighted by Crippen LogP contribution is -2.19. The highest BCUT2D eigenvalue weighted by Crippen LogP contribution is 2.04. The first-order chi connectivity index (χ1) is 9.33. The van der Waals surface area contributed by atoms with Crippen LogP contribution in [-0.2, 0) is 4.74 Å². The Kier molecular flexibility index (Phi) is 38.1. The van der Waals surface area contributed by atoms with Gasteiger partial charge < -0.3 is 15.2 Å². The van der Waals surface area contributed by atoms with Crippen LogP contribution in [0.15, 0.2) is 12.7 Å². The van der Waals surface area contributed by atoms with Crippen LogP contribution in [0.5, 0.6) is 0 Å². The van der Waals surface area contributed by atoms with Crippen molar-refractivity contribution in [1.29, 1.82) is 0 Å². The molecular formula is C16H37NO2. The van der Waals surface area contributed by atoms with Gasteiger partial charge >= 0.3 is 0 Å². The summed E-state index contributed by atoms with van der Waals surface area (Å²) < 4.78 is 4.98. The molecule has 3 nitrogen and oxygen atoms in total. The van der Waals surface area contributed by atoms with Crippen molar-refractivity contribution < 1.29 is 9.84 Å². The average molecular weight is 275 g/mol. The lowest BCUT2D eigenvalue weighted by Gasteiger charge is -2.02. The molecule has 0 aliphatic rings. The predicted molar refractivity (Wildman–Crippen MR) is 86.8 cm³/mol. The molecule has 0 aliphatic heterocycles. The quantitative estimate of drug-likeness (QED) is 0.445. The molecule has 0 aromatic rings. The van der Waals surface area contributed by atoms with Gasteiger partial charge in [0, 0.05) is 20.3 Å². The fraction of sp³-hybridized carbons (Fsp3) is 0.875. The molecule has 0 aliphatic carbocycles. The number of unbranched alkanes of at least 4 members (excludes halogenated alkanes) is 5. The molecule has 0 unspecified atom stereocenters. The summed E-state index contributed by atoms with van der Waals surface area (Å²) in [5, 5.41) is 11.7. The third kappa shape index (κ3) is 38.1. The number of methoxy groups -OCH3 is 1. The summed E-state index contributed by atoms with van der Waals surface area (Å²) in [5.41, 5.74) is 0. The van der Waals surface area contributed by atoms with Gasteiger partial charge in [0.1, 0.15) is 0 Å².